The Labute approximate surface area is 145 Å². The zero-order chi connectivity index (χ0) is 17.2. The van der Waals surface area contributed by atoms with Crippen molar-refractivity contribution in [1.82, 2.24) is 4.98 Å². The average Bonchev–Trinajstić information content (AvgIpc) is 2.94. The number of hydrogen-bond donors (Lipinski definition) is 1. The van der Waals surface area contributed by atoms with Crippen LogP contribution >= 0.6 is 11.3 Å². The molecule has 4 nitrogen and oxygen atoms in total. The van der Waals surface area contributed by atoms with E-state index in [1.807, 2.05) is 36.4 Å². The fourth-order valence-corrected chi connectivity index (χ4v) is 3.19. The van der Waals surface area contributed by atoms with Gasteiger partial charge in [-0.3, -0.25) is 10.1 Å². The molecular weight excluding hydrogens is 320 g/mol. The zero-order valence-corrected chi connectivity index (χ0v) is 14.8. The molecule has 0 aliphatic rings. The second-order valence-corrected chi connectivity index (χ2v) is 7.63. The SMILES string of the molecule is CC(C)(C)c1ccc2nc(NC(=O)COc3ccccc3)sc2c1. The first-order chi connectivity index (χ1) is 11.4. The van der Waals surface area contributed by atoms with E-state index >= 15 is 0 Å². The molecule has 0 spiro atoms. The number of fused-ring (bicyclic) bond motifs is 1. The fraction of sp³-hybridized carbons (Fsp3) is 0.263. The summed E-state index contributed by atoms with van der Waals surface area (Å²) in [6, 6.07) is 15.5. The number of carbonyl (C=O) groups is 1. The van der Waals surface area contributed by atoms with Crippen LogP contribution in [0, 0.1) is 0 Å². The maximum Gasteiger partial charge on any atom is 0.264 e. The van der Waals surface area contributed by atoms with Crippen LogP contribution < -0.4 is 10.1 Å². The van der Waals surface area contributed by atoms with Gasteiger partial charge in [-0.05, 0) is 35.2 Å². The van der Waals surface area contributed by atoms with Crippen molar-refractivity contribution in [3.63, 3.8) is 0 Å². The minimum atomic E-state index is -0.214. The Bertz CT molecular complexity index is 851. The molecule has 0 aliphatic carbocycles. The monoisotopic (exact) mass is 340 g/mol. The molecule has 1 N–H and O–H groups in total. The van der Waals surface area contributed by atoms with E-state index in [2.05, 4.69) is 43.2 Å². The third-order valence-electron chi connectivity index (χ3n) is 3.61. The number of rotatable bonds is 4. The van der Waals surface area contributed by atoms with Crippen LogP contribution in [0.25, 0.3) is 10.2 Å². The number of anilines is 1. The van der Waals surface area contributed by atoms with Gasteiger partial charge in [0.25, 0.3) is 5.91 Å². The van der Waals surface area contributed by atoms with E-state index in [0.717, 1.165) is 10.2 Å². The second-order valence-electron chi connectivity index (χ2n) is 6.60. The Balaban J connectivity index is 1.67. The Morgan fingerprint density at radius 2 is 1.92 bits per heavy atom. The van der Waals surface area contributed by atoms with Gasteiger partial charge in [0.05, 0.1) is 10.2 Å². The number of para-hydroxylation sites is 1. The van der Waals surface area contributed by atoms with Gasteiger partial charge < -0.3 is 4.74 Å². The average molecular weight is 340 g/mol. The molecule has 124 valence electrons. The molecule has 24 heavy (non-hydrogen) atoms. The third kappa shape index (κ3) is 3.92. The summed E-state index contributed by atoms with van der Waals surface area (Å²) >= 11 is 1.48. The molecule has 0 radical (unpaired) electrons. The van der Waals surface area contributed by atoms with Crippen molar-refractivity contribution >= 4 is 32.6 Å². The van der Waals surface area contributed by atoms with E-state index in [-0.39, 0.29) is 17.9 Å². The van der Waals surface area contributed by atoms with Crippen LogP contribution in [-0.4, -0.2) is 17.5 Å². The summed E-state index contributed by atoms with van der Waals surface area (Å²) in [4.78, 5) is 16.5. The van der Waals surface area contributed by atoms with E-state index in [4.69, 9.17) is 4.74 Å². The Hall–Kier alpha value is -2.40. The number of thiazole rings is 1. The molecule has 0 saturated carbocycles. The van der Waals surface area contributed by atoms with Crippen molar-refractivity contribution in [2.24, 2.45) is 0 Å². The number of hydrogen-bond acceptors (Lipinski definition) is 4. The molecule has 0 aliphatic heterocycles. The molecule has 0 unspecified atom stereocenters. The molecule has 1 amide bonds. The molecule has 3 rings (SSSR count). The van der Waals surface area contributed by atoms with E-state index in [9.17, 15) is 4.79 Å². The van der Waals surface area contributed by atoms with Gasteiger partial charge in [0.1, 0.15) is 5.75 Å². The summed E-state index contributed by atoms with van der Waals surface area (Å²) in [5.74, 6) is 0.459. The molecule has 0 bridgehead atoms. The Morgan fingerprint density at radius 1 is 1.17 bits per heavy atom. The van der Waals surface area contributed by atoms with E-state index in [1.54, 1.807) is 0 Å². The van der Waals surface area contributed by atoms with Crippen molar-refractivity contribution in [3.8, 4) is 5.75 Å². The predicted octanol–water partition coefficient (Wildman–Crippen LogP) is 4.61. The topological polar surface area (TPSA) is 51.2 Å². The molecule has 2 aromatic carbocycles. The van der Waals surface area contributed by atoms with Gasteiger partial charge in [-0.1, -0.05) is 56.4 Å². The highest BCUT2D eigenvalue weighted by atomic mass is 32.1. The lowest BCUT2D eigenvalue weighted by molar-refractivity contribution is -0.118. The summed E-state index contributed by atoms with van der Waals surface area (Å²) in [7, 11) is 0. The summed E-state index contributed by atoms with van der Waals surface area (Å²) in [6.45, 7) is 6.50. The number of nitrogens with one attached hydrogen (secondary N) is 1. The maximum absolute atomic E-state index is 12.0. The van der Waals surface area contributed by atoms with Crippen LogP contribution in [0.2, 0.25) is 0 Å². The first kappa shape index (κ1) is 16.5. The van der Waals surface area contributed by atoms with Crippen LogP contribution in [0.4, 0.5) is 5.13 Å². The lowest BCUT2D eigenvalue weighted by Crippen LogP contribution is -2.19. The number of carbonyl (C=O) groups excluding carboxylic acids is 1. The number of nitrogens with zero attached hydrogens (tertiary/aromatic N) is 1. The molecule has 0 atom stereocenters. The largest absolute Gasteiger partial charge is 0.484 e. The first-order valence-corrected chi connectivity index (χ1v) is 8.62. The predicted molar refractivity (Wildman–Crippen MR) is 98.9 cm³/mol. The third-order valence-corrected chi connectivity index (χ3v) is 4.55. The van der Waals surface area contributed by atoms with Crippen molar-refractivity contribution in [3.05, 3.63) is 54.1 Å². The Kier molecular flexibility index (Phi) is 4.53. The number of aromatic nitrogens is 1. The fourth-order valence-electron chi connectivity index (χ4n) is 2.27. The van der Waals surface area contributed by atoms with Gasteiger partial charge in [-0.25, -0.2) is 4.98 Å². The minimum Gasteiger partial charge on any atom is -0.484 e. The van der Waals surface area contributed by atoms with Crippen LogP contribution in [0.1, 0.15) is 26.3 Å². The minimum absolute atomic E-state index is 0.0345. The maximum atomic E-state index is 12.0. The van der Waals surface area contributed by atoms with Gasteiger partial charge in [0.15, 0.2) is 11.7 Å². The summed E-state index contributed by atoms with van der Waals surface area (Å²) in [5, 5.41) is 3.40. The second kappa shape index (κ2) is 6.61. The van der Waals surface area contributed by atoms with Gasteiger partial charge in [0.2, 0.25) is 0 Å². The lowest BCUT2D eigenvalue weighted by Gasteiger charge is -2.18. The number of benzene rings is 2. The van der Waals surface area contributed by atoms with Crippen LogP contribution in [-0.2, 0) is 10.2 Å². The molecule has 3 aromatic rings. The van der Waals surface area contributed by atoms with E-state index in [1.165, 1.54) is 16.9 Å². The Morgan fingerprint density at radius 3 is 2.62 bits per heavy atom. The molecular formula is C19H20N2O2S. The molecule has 5 heteroatoms. The smallest absolute Gasteiger partial charge is 0.264 e. The van der Waals surface area contributed by atoms with Gasteiger partial charge in [-0.15, -0.1) is 0 Å². The van der Waals surface area contributed by atoms with Gasteiger partial charge in [0, 0.05) is 0 Å². The molecule has 1 heterocycles. The highest BCUT2D eigenvalue weighted by molar-refractivity contribution is 7.22. The van der Waals surface area contributed by atoms with Gasteiger partial charge in [-0.2, -0.15) is 0 Å². The summed E-state index contributed by atoms with van der Waals surface area (Å²) in [6.07, 6.45) is 0. The summed E-state index contributed by atoms with van der Waals surface area (Å²) < 4.78 is 6.51. The summed E-state index contributed by atoms with van der Waals surface area (Å²) in [5.41, 5.74) is 2.24. The van der Waals surface area contributed by atoms with E-state index < -0.39 is 0 Å². The first-order valence-electron chi connectivity index (χ1n) is 7.80. The van der Waals surface area contributed by atoms with Crippen LogP contribution in [0.3, 0.4) is 0 Å². The lowest BCUT2D eigenvalue weighted by atomic mass is 9.87. The standard InChI is InChI=1S/C19H20N2O2S/c1-19(2,3)13-9-10-15-16(11-13)24-18(20-15)21-17(22)12-23-14-7-5-4-6-8-14/h4-11H,12H2,1-3H3,(H,20,21,22). The number of ether oxygens (including phenoxy) is 1. The highest BCUT2D eigenvalue weighted by Gasteiger charge is 2.15. The van der Waals surface area contributed by atoms with Crippen molar-refractivity contribution < 1.29 is 9.53 Å². The van der Waals surface area contributed by atoms with Crippen molar-refractivity contribution in [1.29, 1.82) is 0 Å². The normalized spacial score (nSPS) is 11.5. The van der Waals surface area contributed by atoms with Crippen molar-refractivity contribution in [2.45, 2.75) is 26.2 Å². The highest BCUT2D eigenvalue weighted by Crippen LogP contribution is 2.31. The van der Waals surface area contributed by atoms with E-state index in [0.29, 0.717) is 10.9 Å². The number of amides is 1. The zero-order valence-electron chi connectivity index (χ0n) is 14.0. The van der Waals surface area contributed by atoms with Gasteiger partial charge >= 0.3 is 0 Å². The van der Waals surface area contributed by atoms with Crippen LogP contribution in [0.5, 0.6) is 5.75 Å². The van der Waals surface area contributed by atoms with Crippen molar-refractivity contribution in [2.75, 3.05) is 11.9 Å². The van der Waals surface area contributed by atoms with Crippen LogP contribution in [0.15, 0.2) is 48.5 Å². The molecule has 1 aromatic heterocycles. The molecule has 0 fully saturated rings. The molecule has 0 saturated heterocycles. The quantitative estimate of drug-likeness (QED) is 0.754.